The van der Waals surface area contributed by atoms with E-state index in [1.807, 2.05) is 32.0 Å². The van der Waals surface area contributed by atoms with Crippen LogP contribution in [-0.4, -0.2) is 10.3 Å². The molecular formula is C14H17N3S. The third-order valence-corrected chi connectivity index (χ3v) is 3.68. The molecule has 0 aliphatic heterocycles. The number of hydrogen-bond acceptors (Lipinski definition) is 3. The molecule has 0 spiro atoms. The van der Waals surface area contributed by atoms with E-state index in [0.717, 1.165) is 16.2 Å². The molecule has 4 heteroatoms. The summed E-state index contributed by atoms with van der Waals surface area (Å²) in [6.45, 7) is 8.12. The van der Waals surface area contributed by atoms with Crippen molar-refractivity contribution >= 4 is 17.0 Å². The zero-order chi connectivity index (χ0) is 13.1. The van der Waals surface area contributed by atoms with Crippen LogP contribution in [0.25, 0.3) is 5.69 Å². The Bertz CT molecular complexity index is 629. The molecule has 0 amide bonds. The van der Waals surface area contributed by atoms with E-state index >= 15 is 0 Å². The summed E-state index contributed by atoms with van der Waals surface area (Å²) < 4.78 is 2.15. The van der Waals surface area contributed by atoms with Crippen LogP contribution in [-0.2, 0) is 0 Å². The van der Waals surface area contributed by atoms with Gasteiger partial charge in [0.15, 0.2) is 0 Å². The highest BCUT2D eigenvalue weighted by molar-refractivity contribution is 7.09. The molecule has 0 aliphatic rings. The van der Waals surface area contributed by atoms with Gasteiger partial charge in [-0.2, -0.15) is 5.10 Å². The minimum Gasteiger partial charge on any atom is -0.288 e. The van der Waals surface area contributed by atoms with E-state index in [1.165, 1.54) is 10.6 Å². The van der Waals surface area contributed by atoms with Gasteiger partial charge in [-0.05, 0) is 39.8 Å². The van der Waals surface area contributed by atoms with Crippen molar-refractivity contribution in [2.45, 2.75) is 27.7 Å². The lowest BCUT2D eigenvalue weighted by Crippen LogP contribution is -2.13. The molecule has 3 nitrogen and oxygen atoms in total. The quantitative estimate of drug-likeness (QED) is 0.584. The van der Waals surface area contributed by atoms with Gasteiger partial charge in [0.1, 0.15) is 0 Å². The maximum Gasteiger partial charge on any atom is 0.215 e. The van der Waals surface area contributed by atoms with Gasteiger partial charge in [0.05, 0.1) is 0 Å². The molecule has 2 rings (SSSR count). The minimum absolute atomic E-state index is 0.914. The van der Waals surface area contributed by atoms with Gasteiger partial charge < -0.3 is 0 Å². The van der Waals surface area contributed by atoms with Crippen molar-refractivity contribution in [3.63, 3.8) is 0 Å². The number of aryl methyl sites for hydroxylation is 1. The molecule has 0 saturated heterocycles. The molecule has 0 bridgehead atoms. The summed E-state index contributed by atoms with van der Waals surface area (Å²) in [4.78, 5) is 2.18. The second kappa shape index (κ2) is 5.31. The second-order valence-electron chi connectivity index (χ2n) is 4.34. The van der Waals surface area contributed by atoms with E-state index in [0.29, 0.717) is 0 Å². The number of nitrogens with zero attached hydrogens (tertiary/aromatic N) is 3. The van der Waals surface area contributed by atoms with Gasteiger partial charge in [-0.1, -0.05) is 29.5 Å². The van der Waals surface area contributed by atoms with E-state index in [9.17, 15) is 0 Å². The van der Waals surface area contributed by atoms with Gasteiger partial charge in [-0.3, -0.25) is 4.57 Å². The lowest BCUT2D eigenvalue weighted by atomic mass is 10.3. The lowest BCUT2D eigenvalue weighted by Gasteiger charge is -2.05. The fraction of sp³-hybridized carbons (Fsp3) is 0.286. The fourth-order valence-corrected chi connectivity index (χ4v) is 2.57. The summed E-state index contributed by atoms with van der Waals surface area (Å²) in [5.41, 5.74) is 3.30. The second-order valence-corrected chi connectivity index (χ2v) is 5.53. The Kier molecular flexibility index (Phi) is 3.77. The number of para-hydroxylation sites is 1. The summed E-state index contributed by atoms with van der Waals surface area (Å²) in [6.07, 6.45) is 0. The molecule has 0 unspecified atom stereocenters. The maximum atomic E-state index is 4.33. The van der Waals surface area contributed by atoms with Gasteiger partial charge in [0.2, 0.25) is 4.80 Å². The predicted octanol–water partition coefficient (Wildman–Crippen LogP) is 3.45. The Morgan fingerprint density at radius 3 is 2.39 bits per heavy atom. The smallest absolute Gasteiger partial charge is 0.215 e. The predicted molar refractivity (Wildman–Crippen MR) is 77.5 cm³/mol. The molecule has 0 fully saturated rings. The van der Waals surface area contributed by atoms with Gasteiger partial charge in [0.25, 0.3) is 0 Å². The average molecular weight is 259 g/mol. The molecule has 2 aromatic rings. The molecule has 94 valence electrons. The molecule has 0 N–H and O–H groups in total. The molecular weight excluding hydrogens is 242 g/mol. The number of rotatable bonds is 2. The van der Waals surface area contributed by atoms with Crippen molar-refractivity contribution in [3.05, 3.63) is 45.7 Å². The SMILES string of the molecule is CC(C)=N/N=c1\sc(C)c(C)n1-c1ccccc1. The summed E-state index contributed by atoms with van der Waals surface area (Å²) in [7, 11) is 0. The third kappa shape index (κ3) is 2.59. The van der Waals surface area contributed by atoms with E-state index < -0.39 is 0 Å². The largest absolute Gasteiger partial charge is 0.288 e. The topological polar surface area (TPSA) is 29.6 Å². The maximum absolute atomic E-state index is 4.33. The fourth-order valence-electron chi connectivity index (χ4n) is 1.65. The van der Waals surface area contributed by atoms with Gasteiger partial charge in [0, 0.05) is 22.0 Å². The minimum atomic E-state index is 0.914. The first-order valence-corrected chi connectivity index (χ1v) is 6.70. The number of hydrogen-bond donors (Lipinski definition) is 0. The molecule has 1 aromatic carbocycles. The number of thiazole rings is 1. The van der Waals surface area contributed by atoms with Crippen molar-refractivity contribution in [1.29, 1.82) is 0 Å². The van der Waals surface area contributed by atoms with E-state index in [1.54, 1.807) is 11.3 Å². The highest BCUT2D eigenvalue weighted by atomic mass is 32.1. The van der Waals surface area contributed by atoms with Crippen molar-refractivity contribution in [1.82, 2.24) is 4.57 Å². The van der Waals surface area contributed by atoms with Crippen LogP contribution in [0.15, 0.2) is 40.5 Å². The van der Waals surface area contributed by atoms with Crippen LogP contribution in [0.4, 0.5) is 0 Å². The summed E-state index contributed by atoms with van der Waals surface area (Å²) in [5, 5.41) is 8.50. The molecule has 1 aromatic heterocycles. The first-order chi connectivity index (χ1) is 8.59. The highest BCUT2D eigenvalue weighted by Crippen LogP contribution is 2.15. The first kappa shape index (κ1) is 12.8. The van der Waals surface area contributed by atoms with E-state index in [4.69, 9.17) is 0 Å². The molecule has 0 radical (unpaired) electrons. The van der Waals surface area contributed by atoms with Crippen molar-refractivity contribution < 1.29 is 0 Å². The Hall–Kier alpha value is -1.68. The molecule has 0 atom stereocenters. The van der Waals surface area contributed by atoms with Crippen LogP contribution in [0, 0.1) is 13.8 Å². The summed E-state index contributed by atoms with van der Waals surface area (Å²) in [5.74, 6) is 0. The normalized spacial score (nSPS) is 11.7. The summed E-state index contributed by atoms with van der Waals surface area (Å²) in [6, 6.07) is 10.3. The average Bonchev–Trinajstić information content (AvgIpc) is 2.64. The van der Waals surface area contributed by atoms with Crippen LogP contribution in [0.1, 0.15) is 24.4 Å². The monoisotopic (exact) mass is 259 g/mol. The van der Waals surface area contributed by atoms with Crippen LogP contribution in [0.2, 0.25) is 0 Å². The van der Waals surface area contributed by atoms with Crippen LogP contribution >= 0.6 is 11.3 Å². The Morgan fingerprint density at radius 2 is 1.78 bits per heavy atom. The van der Waals surface area contributed by atoms with E-state index in [-0.39, 0.29) is 0 Å². The highest BCUT2D eigenvalue weighted by Gasteiger charge is 2.07. The Labute approximate surface area is 111 Å². The number of aromatic nitrogens is 1. The van der Waals surface area contributed by atoms with Crippen molar-refractivity contribution in [2.75, 3.05) is 0 Å². The standard InChI is InChI=1S/C14H17N3S/c1-10(2)15-16-14-17(11(3)12(4)18-14)13-8-6-5-7-9-13/h5-9H,1-4H3/b16-14-. The van der Waals surface area contributed by atoms with Crippen LogP contribution in [0.3, 0.4) is 0 Å². The summed E-state index contributed by atoms with van der Waals surface area (Å²) >= 11 is 1.67. The van der Waals surface area contributed by atoms with Gasteiger partial charge in [-0.25, -0.2) is 0 Å². The zero-order valence-electron chi connectivity index (χ0n) is 11.1. The Balaban J connectivity index is 2.67. The number of benzene rings is 1. The Morgan fingerprint density at radius 1 is 1.11 bits per heavy atom. The van der Waals surface area contributed by atoms with Gasteiger partial charge >= 0.3 is 0 Å². The molecule has 0 saturated carbocycles. The molecule has 0 aliphatic carbocycles. The molecule has 1 heterocycles. The molecule has 18 heavy (non-hydrogen) atoms. The van der Waals surface area contributed by atoms with Crippen molar-refractivity contribution in [3.8, 4) is 5.69 Å². The van der Waals surface area contributed by atoms with Crippen molar-refractivity contribution in [2.24, 2.45) is 10.2 Å². The zero-order valence-corrected chi connectivity index (χ0v) is 12.0. The van der Waals surface area contributed by atoms with Crippen LogP contribution in [0.5, 0.6) is 0 Å². The third-order valence-electron chi connectivity index (χ3n) is 2.63. The van der Waals surface area contributed by atoms with E-state index in [2.05, 4.69) is 40.8 Å². The lowest BCUT2D eigenvalue weighted by molar-refractivity contribution is 0.919. The van der Waals surface area contributed by atoms with Crippen LogP contribution < -0.4 is 4.80 Å². The van der Waals surface area contributed by atoms with Gasteiger partial charge in [-0.15, -0.1) is 5.10 Å². The first-order valence-electron chi connectivity index (χ1n) is 5.89.